The molecule has 1 aromatic heterocycles. The van der Waals surface area contributed by atoms with Crippen LogP contribution in [-0.4, -0.2) is 40.1 Å². The summed E-state index contributed by atoms with van der Waals surface area (Å²) >= 11 is 0. The summed E-state index contributed by atoms with van der Waals surface area (Å²) < 4.78 is 2.27. The van der Waals surface area contributed by atoms with Gasteiger partial charge in [0.2, 0.25) is 0 Å². The molecule has 1 unspecified atom stereocenters. The van der Waals surface area contributed by atoms with Gasteiger partial charge in [-0.15, -0.1) is 0 Å². The van der Waals surface area contributed by atoms with Gasteiger partial charge in [0, 0.05) is 31.5 Å². The van der Waals surface area contributed by atoms with E-state index in [1.807, 2.05) is 6.20 Å². The van der Waals surface area contributed by atoms with Crippen molar-refractivity contribution in [1.82, 2.24) is 19.8 Å². The van der Waals surface area contributed by atoms with Crippen molar-refractivity contribution < 1.29 is 0 Å². The van der Waals surface area contributed by atoms with E-state index in [0.717, 1.165) is 19.6 Å². The minimum absolute atomic E-state index is 0.696. The Morgan fingerprint density at radius 3 is 3.06 bits per heavy atom. The van der Waals surface area contributed by atoms with Gasteiger partial charge >= 0.3 is 0 Å². The summed E-state index contributed by atoms with van der Waals surface area (Å²) in [4.78, 5) is 6.93. The summed E-state index contributed by atoms with van der Waals surface area (Å²) in [5.74, 6) is 1.22. The van der Waals surface area contributed by atoms with Gasteiger partial charge < -0.3 is 9.88 Å². The number of aromatic nitrogens is 2. The Morgan fingerprint density at radius 2 is 2.28 bits per heavy atom. The van der Waals surface area contributed by atoms with Gasteiger partial charge in [0.05, 0.1) is 6.54 Å². The zero-order chi connectivity index (χ0) is 12.8. The second kappa shape index (κ2) is 6.90. The van der Waals surface area contributed by atoms with Gasteiger partial charge in [0.25, 0.3) is 0 Å². The SMILES string of the molecule is CCNC(CC)CCCN1CCn2ccnc2C1. The van der Waals surface area contributed by atoms with Gasteiger partial charge in [-0.1, -0.05) is 13.8 Å². The molecule has 0 fully saturated rings. The van der Waals surface area contributed by atoms with Crippen LogP contribution in [0.4, 0.5) is 0 Å². The van der Waals surface area contributed by atoms with E-state index < -0.39 is 0 Å². The largest absolute Gasteiger partial charge is 0.333 e. The lowest BCUT2D eigenvalue weighted by Gasteiger charge is -2.28. The van der Waals surface area contributed by atoms with Crippen LogP contribution in [-0.2, 0) is 13.1 Å². The third-order valence-electron chi connectivity index (χ3n) is 3.84. The highest BCUT2D eigenvalue weighted by Gasteiger charge is 2.16. The zero-order valence-electron chi connectivity index (χ0n) is 11.7. The highest BCUT2D eigenvalue weighted by molar-refractivity contribution is 4.95. The van der Waals surface area contributed by atoms with Crippen molar-refractivity contribution in [3.8, 4) is 0 Å². The van der Waals surface area contributed by atoms with Crippen molar-refractivity contribution in [2.45, 2.75) is 52.2 Å². The van der Waals surface area contributed by atoms with E-state index in [-0.39, 0.29) is 0 Å². The maximum Gasteiger partial charge on any atom is 0.122 e. The monoisotopic (exact) mass is 250 g/mol. The van der Waals surface area contributed by atoms with E-state index in [4.69, 9.17) is 0 Å². The summed E-state index contributed by atoms with van der Waals surface area (Å²) in [6.07, 6.45) is 7.81. The van der Waals surface area contributed by atoms with Gasteiger partial charge in [0.1, 0.15) is 5.82 Å². The average molecular weight is 250 g/mol. The first-order valence-electron chi connectivity index (χ1n) is 7.29. The molecule has 1 N–H and O–H groups in total. The van der Waals surface area contributed by atoms with Gasteiger partial charge in [-0.2, -0.15) is 0 Å². The van der Waals surface area contributed by atoms with Crippen LogP contribution in [0.3, 0.4) is 0 Å². The zero-order valence-corrected chi connectivity index (χ0v) is 11.7. The van der Waals surface area contributed by atoms with Crippen LogP contribution < -0.4 is 5.32 Å². The molecule has 0 radical (unpaired) electrons. The molecule has 0 amide bonds. The summed E-state index contributed by atoms with van der Waals surface area (Å²) in [5, 5.41) is 3.55. The fraction of sp³-hybridized carbons (Fsp3) is 0.786. The third kappa shape index (κ3) is 3.56. The molecule has 0 spiro atoms. The van der Waals surface area contributed by atoms with E-state index >= 15 is 0 Å². The molecular weight excluding hydrogens is 224 g/mol. The number of hydrogen-bond donors (Lipinski definition) is 1. The first-order valence-corrected chi connectivity index (χ1v) is 7.29. The fourth-order valence-corrected chi connectivity index (χ4v) is 2.71. The van der Waals surface area contributed by atoms with Gasteiger partial charge in [-0.05, 0) is 32.4 Å². The lowest BCUT2D eigenvalue weighted by atomic mass is 10.1. The highest BCUT2D eigenvalue weighted by Crippen LogP contribution is 2.11. The summed E-state index contributed by atoms with van der Waals surface area (Å²) in [6.45, 7) is 10.0. The second-order valence-corrected chi connectivity index (χ2v) is 5.12. The standard InChI is InChI=1S/C14H26N4/c1-3-13(15-4-2)6-5-8-17-10-11-18-9-7-16-14(18)12-17/h7,9,13,15H,3-6,8,10-12H2,1-2H3. The lowest BCUT2D eigenvalue weighted by Crippen LogP contribution is -2.35. The molecule has 0 bridgehead atoms. The first kappa shape index (κ1) is 13.6. The van der Waals surface area contributed by atoms with Crippen LogP contribution in [0.2, 0.25) is 0 Å². The third-order valence-corrected chi connectivity index (χ3v) is 3.84. The maximum absolute atomic E-state index is 4.40. The molecule has 4 heteroatoms. The molecule has 0 aromatic carbocycles. The Bertz CT molecular complexity index is 347. The number of nitrogens with zero attached hydrogens (tertiary/aromatic N) is 3. The Labute approximate surface area is 110 Å². The molecule has 0 saturated carbocycles. The predicted octanol–water partition coefficient (Wildman–Crippen LogP) is 1.87. The average Bonchev–Trinajstić information content (AvgIpc) is 2.85. The number of imidazole rings is 1. The molecule has 2 heterocycles. The number of rotatable bonds is 7. The topological polar surface area (TPSA) is 33.1 Å². The number of hydrogen-bond acceptors (Lipinski definition) is 3. The van der Waals surface area contributed by atoms with Crippen LogP contribution in [0.15, 0.2) is 12.4 Å². The Kier molecular flexibility index (Phi) is 5.20. The molecule has 0 aliphatic carbocycles. The van der Waals surface area contributed by atoms with E-state index in [1.165, 1.54) is 38.2 Å². The normalized spacial score (nSPS) is 17.7. The molecular formula is C14H26N4. The molecule has 102 valence electrons. The van der Waals surface area contributed by atoms with Gasteiger partial charge in [-0.25, -0.2) is 4.98 Å². The van der Waals surface area contributed by atoms with Crippen molar-refractivity contribution in [3.63, 3.8) is 0 Å². The van der Waals surface area contributed by atoms with E-state index in [2.05, 4.69) is 39.8 Å². The van der Waals surface area contributed by atoms with Crippen LogP contribution in [0.1, 0.15) is 38.9 Å². The van der Waals surface area contributed by atoms with Gasteiger partial charge in [0.15, 0.2) is 0 Å². The molecule has 4 nitrogen and oxygen atoms in total. The Morgan fingerprint density at radius 1 is 1.39 bits per heavy atom. The quantitative estimate of drug-likeness (QED) is 0.802. The Hall–Kier alpha value is -0.870. The number of fused-ring (bicyclic) bond motifs is 1. The fourth-order valence-electron chi connectivity index (χ4n) is 2.71. The van der Waals surface area contributed by atoms with Crippen LogP contribution in [0.5, 0.6) is 0 Å². The Balaban J connectivity index is 1.69. The highest BCUT2D eigenvalue weighted by atomic mass is 15.2. The summed E-state index contributed by atoms with van der Waals surface area (Å²) in [6, 6.07) is 0.696. The van der Waals surface area contributed by atoms with Crippen LogP contribution in [0, 0.1) is 0 Å². The summed E-state index contributed by atoms with van der Waals surface area (Å²) in [5.41, 5.74) is 0. The van der Waals surface area contributed by atoms with Crippen molar-refractivity contribution in [2.24, 2.45) is 0 Å². The van der Waals surface area contributed by atoms with E-state index in [9.17, 15) is 0 Å². The minimum Gasteiger partial charge on any atom is -0.333 e. The summed E-state index contributed by atoms with van der Waals surface area (Å²) in [7, 11) is 0. The van der Waals surface area contributed by atoms with Gasteiger partial charge in [-0.3, -0.25) is 4.90 Å². The first-order chi connectivity index (χ1) is 8.83. The molecule has 1 aromatic rings. The van der Waals surface area contributed by atoms with Crippen molar-refractivity contribution in [2.75, 3.05) is 19.6 Å². The molecule has 1 atom stereocenters. The van der Waals surface area contributed by atoms with E-state index in [1.54, 1.807) is 0 Å². The van der Waals surface area contributed by atoms with Crippen molar-refractivity contribution in [1.29, 1.82) is 0 Å². The molecule has 18 heavy (non-hydrogen) atoms. The lowest BCUT2D eigenvalue weighted by molar-refractivity contribution is 0.210. The number of nitrogens with one attached hydrogen (secondary N) is 1. The maximum atomic E-state index is 4.40. The molecule has 1 aliphatic heterocycles. The minimum atomic E-state index is 0.696. The van der Waals surface area contributed by atoms with E-state index in [0.29, 0.717) is 6.04 Å². The predicted molar refractivity (Wildman–Crippen MR) is 74.5 cm³/mol. The molecule has 0 saturated heterocycles. The molecule has 1 aliphatic rings. The van der Waals surface area contributed by atoms with Crippen LogP contribution >= 0.6 is 0 Å². The van der Waals surface area contributed by atoms with Crippen LogP contribution in [0.25, 0.3) is 0 Å². The van der Waals surface area contributed by atoms with Crippen molar-refractivity contribution in [3.05, 3.63) is 18.2 Å². The smallest absolute Gasteiger partial charge is 0.122 e. The van der Waals surface area contributed by atoms with Crippen molar-refractivity contribution >= 4 is 0 Å². The molecule has 2 rings (SSSR count). The second-order valence-electron chi connectivity index (χ2n) is 5.12.